The first-order chi connectivity index (χ1) is 12.6. The van der Waals surface area contributed by atoms with Gasteiger partial charge in [-0.15, -0.1) is 0 Å². The van der Waals surface area contributed by atoms with E-state index in [0.717, 1.165) is 24.0 Å². The van der Waals surface area contributed by atoms with Crippen molar-refractivity contribution >= 4 is 24.5 Å². The van der Waals surface area contributed by atoms with E-state index in [1.807, 2.05) is 19.9 Å². The fourth-order valence-corrected chi connectivity index (χ4v) is 5.78. The SMILES string of the molecule is Cc1cc(P(C2=CCCC=C2)c2ccccc2)cc(C)c1OCC(=O)O. The van der Waals surface area contributed by atoms with Crippen LogP contribution in [0.1, 0.15) is 24.0 Å². The standard InChI is InChI=1S/C22H23O3P/c1-16-13-20(14-17(2)22(16)25-15-21(23)24)26(18-9-5-3-6-10-18)19-11-7-4-8-12-19/h3,5-7,9-14H,4,8,15H2,1-2H3,(H,23,24). The number of rotatable bonds is 6. The highest BCUT2D eigenvalue weighted by Crippen LogP contribution is 2.46. The van der Waals surface area contributed by atoms with Gasteiger partial charge in [-0.05, 0) is 73.8 Å². The van der Waals surface area contributed by atoms with Crippen LogP contribution >= 0.6 is 7.92 Å². The third-order valence-electron chi connectivity index (χ3n) is 4.29. The second kappa shape index (κ2) is 8.33. The van der Waals surface area contributed by atoms with Crippen molar-refractivity contribution in [1.82, 2.24) is 0 Å². The molecule has 26 heavy (non-hydrogen) atoms. The Kier molecular flexibility index (Phi) is 5.90. The highest BCUT2D eigenvalue weighted by molar-refractivity contribution is 7.77. The van der Waals surface area contributed by atoms with Gasteiger partial charge in [0.05, 0.1) is 0 Å². The van der Waals surface area contributed by atoms with Crippen LogP contribution in [0.2, 0.25) is 0 Å². The Balaban J connectivity index is 2.03. The van der Waals surface area contributed by atoms with Crippen molar-refractivity contribution < 1.29 is 14.6 Å². The van der Waals surface area contributed by atoms with E-state index in [9.17, 15) is 4.79 Å². The molecule has 0 bridgehead atoms. The van der Waals surface area contributed by atoms with Crippen molar-refractivity contribution in [3.8, 4) is 5.75 Å². The number of carbonyl (C=O) groups is 1. The lowest BCUT2D eigenvalue weighted by atomic mass is 10.1. The summed E-state index contributed by atoms with van der Waals surface area (Å²) in [5.41, 5.74) is 1.95. The Labute approximate surface area is 155 Å². The minimum absolute atomic E-state index is 0.317. The third kappa shape index (κ3) is 4.23. The van der Waals surface area contributed by atoms with Crippen molar-refractivity contribution in [2.75, 3.05) is 6.61 Å². The van der Waals surface area contributed by atoms with Crippen LogP contribution in [0, 0.1) is 13.8 Å². The molecule has 0 fully saturated rings. The first-order valence-electron chi connectivity index (χ1n) is 8.74. The zero-order valence-corrected chi connectivity index (χ0v) is 16.0. The first-order valence-corrected chi connectivity index (χ1v) is 10.1. The highest BCUT2D eigenvalue weighted by atomic mass is 31.1. The Morgan fingerprint density at radius 1 is 1.08 bits per heavy atom. The monoisotopic (exact) mass is 366 g/mol. The molecule has 0 heterocycles. The van der Waals surface area contributed by atoms with Gasteiger partial charge < -0.3 is 9.84 Å². The number of ether oxygens (including phenoxy) is 1. The summed E-state index contributed by atoms with van der Waals surface area (Å²) in [5, 5.41) is 12.8. The molecular weight excluding hydrogens is 343 g/mol. The van der Waals surface area contributed by atoms with Gasteiger partial charge in [0.2, 0.25) is 0 Å². The molecule has 0 aromatic heterocycles. The highest BCUT2D eigenvalue weighted by Gasteiger charge is 2.20. The normalized spacial score (nSPS) is 14.6. The molecule has 3 nitrogen and oxygen atoms in total. The van der Waals surface area contributed by atoms with E-state index in [4.69, 9.17) is 9.84 Å². The summed E-state index contributed by atoms with van der Waals surface area (Å²) in [6, 6.07) is 14.9. The lowest BCUT2D eigenvalue weighted by molar-refractivity contribution is -0.139. The van der Waals surface area contributed by atoms with Crippen LogP contribution in [-0.4, -0.2) is 17.7 Å². The number of carboxylic acid groups (broad SMARTS) is 1. The van der Waals surface area contributed by atoms with Crippen LogP contribution in [0.4, 0.5) is 0 Å². The van der Waals surface area contributed by atoms with Gasteiger partial charge in [-0.25, -0.2) is 4.79 Å². The van der Waals surface area contributed by atoms with Crippen molar-refractivity contribution in [2.45, 2.75) is 26.7 Å². The molecule has 2 aromatic carbocycles. The molecule has 0 radical (unpaired) electrons. The molecule has 1 atom stereocenters. The van der Waals surface area contributed by atoms with Crippen molar-refractivity contribution in [3.63, 3.8) is 0 Å². The van der Waals surface area contributed by atoms with Crippen LogP contribution < -0.4 is 15.3 Å². The lowest BCUT2D eigenvalue weighted by Crippen LogP contribution is -2.16. The smallest absolute Gasteiger partial charge is 0.341 e. The number of allylic oxidation sites excluding steroid dienone is 4. The van der Waals surface area contributed by atoms with Crippen LogP contribution in [-0.2, 0) is 4.79 Å². The Bertz CT molecular complexity index is 830. The fourth-order valence-electron chi connectivity index (χ4n) is 3.21. The zero-order chi connectivity index (χ0) is 18.5. The van der Waals surface area contributed by atoms with Crippen LogP contribution in [0.15, 0.2) is 66.0 Å². The minimum atomic E-state index is -0.961. The molecule has 0 aliphatic heterocycles. The topological polar surface area (TPSA) is 46.5 Å². The molecule has 0 saturated carbocycles. The van der Waals surface area contributed by atoms with E-state index in [0.29, 0.717) is 5.75 Å². The van der Waals surface area contributed by atoms with Gasteiger partial charge >= 0.3 is 5.97 Å². The molecule has 1 aliphatic rings. The number of aryl methyl sites for hydroxylation is 2. The molecule has 1 N–H and O–H groups in total. The third-order valence-corrected chi connectivity index (χ3v) is 6.73. The van der Waals surface area contributed by atoms with Gasteiger partial charge in [0, 0.05) is 0 Å². The molecule has 4 heteroatoms. The maximum atomic E-state index is 10.8. The van der Waals surface area contributed by atoms with Crippen molar-refractivity contribution in [2.24, 2.45) is 0 Å². The fraction of sp³-hybridized carbons (Fsp3) is 0.227. The molecule has 0 saturated heterocycles. The summed E-state index contributed by atoms with van der Waals surface area (Å²) in [4.78, 5) is 10.8. The van der Waals surface area contributed by atoms with Gasteiger partial charge in [0.15, 0.2) is 6.61 Å². The van der Waals surface area contributed by atoms with E-state index < -0.39 is 13.9 Å². The van der Waals surface area contributed by atoms with Crippen LogP contribution in [0.25, 0.3) is 0 Å². The predicted octanol–water partition coefficient (Wildman–Crippen LogP) is 4.43. The van der Waals surface area contributed by atoms with Gasteiger partial charge in [-0.1, -0.05) is 48.6 Å². The molecule has 134 valence electrons. The Hall–Kier alpha value is -2.38. The summed E-state index contributed by atoms with van der Waals surface area (Å²) in [6.07, 6.45) is 9.02. The molecule has 0 amide bonds. The second-order valence-electron chi connectivity index (χ2n) is 6.37. The number of aliphatic carboxylic acids is 1. The molecule has 2 aromatic rings. The maximum absolute atomic E-state index is 10.8. The second-order valence-corrected chi connectivity index (χ2v) is 8.59. The van der Waals surface area contributed by atoms with E-state index in [1.54, 1.807) is 0 Å². The largest absolute Gasteiger partial charge is 0.481 e. The summed E-state index contributed by atoms with van der Waals surface area (Å²) < 4.78 is 5.49. The predicted molar refractivity (Wildman–Crippen MR) is 108 cm³/mol. The quantitative estimate of drug-likeness (QED) is 0.769. The van der Waals surface area contributed by atoms with Gasteiger partial charge in [-0.2, -0.15) is 0 Å². The summed E-state index contributed by atoms with van der Waals surface area (Å²) in [6.45, 7) is 3.65. The summed E-state index contributed by atoms with van der Waals surface area (Å²) in [7, 11) is -0.633. The molecule has 1 unspecified atom stereocenters. The molecular formula is C22H23O3P. The number of hydrogen-bond acceptors (Lipinski definition) is 2. The number of carboxylic acids is 1. The molecule has 0 spiro atoms. The minimum Gasteiger partial charge on any atom is -0.481 e. The van der Waals surface area contributed by atoms with Crippen LogP contribution in [0.5, 0.6) is 5.75 Å². The zero-order valence-electron chi connectivity index (χ0n) is 15.1. The molecule has 3 rings (SSSR count). The van der Waals surface area contributed by atoms with Crippen molar-refractivity contribution in [1.29, 1.82) is 0 Å². The summed E-state index contributed by atoms with van der Waals surface area (Å²) in [5.74, 6) is -0.288. The van der Waals surface area contributed by atoms with Crippen molar-refractivity contribution in [3.05, 3.63) is 77.1 Å². The molecule has 1 aliphatic carbocycles. The van der Waals surface area contributed by atoms with Crippen LogP contribution in [0.3, 0.4) is 0 Å². The number of benzene rings is 2. The lowest BCUT2D eigenvalue weighted by Gasteiger charge is -2.23. The Morgan fingerprint density at radius 3 is 2.35 bits per heavy atom. The average Bonchev–Trinajstić information content (AvgIpc) is 2.63. The average molecular weight is 366 g/mol. The van der Waals surface area contributed by atoms with E-state index in [-0.39, 0.29) is 6.61 Å². The van der Waals surface area contributed by atoms with E-state index in [2.05, 4.69) is 54.6 Å². The number of hydrogen-bond donors (Lipinski definition) is 1. The van der Waals surface area contributed by atoms with E-state index in [1.165, 1.54) is 15.9 Å². The Morgan fingerprint density at radius 2 is 1.77 bits per heavy atom. The van der Waals surface area contributed by atoms with Gasteiger partial charge in [0.1, 0.15) is 5.75 Å². The van der Waals surface area contributed by atoms with E-state index >= 15 is 0 Å². The van der Waals surface area contributed by atoms with Gasteiger partial charge in [-0.3, -0.25) is 0 Å². The maximum Gasteiger partial charge on any atom is 0.341 e. The van der Waals surface area contributed by atoms with Gasteiger partial charge in [0.25, 0.3) is 0 Å². The summed E-state index contributed by atoms with van der Waals surface area (Å²) >= 11 is 0. The first kappa shape index (κ1) is 18.4.